The summed E-state index contributed by atoms with van der Waals surface area (Å²) in [6.45, 7) is 1.95. The van der Waals surface area contributed by atoms with Crippen molar-refractivity contribution in [2.45, 2.75) is 32.0 Å². The van der Waals surface area contributed by atoms with Crippen molar-refractivity contribution >= 4 is 22.2 Å². The van der Waals surface area contributed by atoms with E-state index in [1.54, 1.807) is 11.3 Å². The molecule has 102 valence electrons. The Morgan fingerprint density at radius 1 is 1.20 bits per heavy atom. The lowest BCUT2D eigenvalue weighted by Crippen LogP contribution is -2.16. The van der Waals surface area contributed by atoms with Gasteiger partial charge in [0, 0.05) is 25.3 Å². The molecule has 0 aliphatic heterocycles. The van der Waals surface area contributed by atoms with E-state index < -0.39 is 0 Å². The molecule has 1 fully saturated rings. The molecule has 2 heterocycles. The van der Waals surface area contributed by atoms with Crippen LogP contribution in [0.15, 0.2) is 47.3 Å². The van der Waals surface area contributed by atoms with Crippen molar-refractivity contribution in [2.75, 3.05) is 0 Å². The third-order valence-electron chi connectivity index (χ3n) is 3.96. The second-order valence-corrected chi connectivity index (χ2v) is 6.37. The summed E-state index contributed by atoms with van der Waals surface area (Å²) in [6, 6.07) is 11.8. The Bertz CT molecular complexity index is 708. The Labute approximate surface area is 123 Å². The Balaban J connectivity index is 1.68. The van der Waals surface area contributed by atoms with Crippen molar-refractivity contribution in [1.82, 2.24) is 9.88 Å². The third-order valence-corrected chi connectivity index (χ3v) is 4.70. The zero-order valence-electron chi connectivity index (χ0n) is 11.4. The van der Waals surface area contributed by atoms with E-state index in [1.807, 2.05) is 0 Å². The molecule has 3 heteroatoms. The van der Waals surface area contributed by atoms with Crippen molar-refractivity contribution in [2.24, 2.45) is 0 Å². The number of fused-ring (bicyclic) bond motifs is 1. The zero-order chi connectivity index (χ0) is 13.4. The first kappa shape index (κ1) is 12.2. The van der Waals surface area contributed by atoms with Crippen molar-refractivity contribution in [3.63, 3.8) is 0 Å². The molecule has 0 bridgehead atoms. The highest BCUT2D eigenvalue weighted by atomic mass is 32.1. The topological polar surface area (TPSA) is 17.0 Å². The number of thiophene rings is 1. The van der Waals surface area contributed by atoms with Gasteiger partial charge in [-0.3, -0.25) is 0 Å². The highest BCUT2D eigenvalue weighted by molar-refractivity contribution is 7.07. The molecule has 2 nitrogen and oxygen atoms in total. The van der Waals surface area contributed by atoms with E-state index in [-0.39, 0.29) is 0 Å². The maximum absolute atomic E-state index is 3.63. The number of hydrogen-bond acceptors (Lipinski definition) is 2. The highest BCUT2D eigenvalue weighted by Crippen LogP contribution is 2.24. The lowest BCUT2D eigenvalue weighted by atomic mass is 10.1. The Kier molecular flexibility index (Phi) is 3.09. The summed E-state index contributed by atoms with van der Waals surface area (Å²) in [5, 5.41) is 9.35. The molecule has 0 radical (unpaired) electrons. The van der Waals surface area contributed by atoms with Crippen LogP contribution >= 0.6 is 11.3 Å². The molecule has 1 aliphatic carbocycles. The molecule has 0 atom stereocenters. The van der Waals surface area contributed by atoms with Gasteiger partial charge in [0.2, 0.25) is 0 Å². The van der Waals surface area contributed by atoms with Crippen LogP contribution in [-0.4, -0.2) is 10.6 Å². The standard InChI is InChI=1S/C17H18N2S/c1-2-14-6-8-19(11-13-7-9-20-12-13)17(14)15(3-1)10-18-16-4-5-16/h1-3,6-9,12,16,18H,4-5,10-11H2. The molecule has 0 amide bonds. The largest absolute Gasteiger partial charge is 0.343 e. The first-order valence-corrected chi connectivity index (χ1v) is 8.15. The molecule has 0 spiro atoms. The van der Waals surface area contributed by atoms with E-state index in [4.69, 9.17) is 0 Å². The van der Waals surface area contributed by atoms with Gasteiger partial charge in [0.25, 0.3) is 0 Å². The number of aromatic nitrogens is 1. The van der Waals surface area contributed by atoms with Crippen LogP contribution in [-0.2, 0) is 13.1 Å². The predicted molar refractivity (Wildman–Crippen MR) is 85.2 cm³/mol. The maximum Gasteiger partial charge on any atom is 0.0529 e. The molecule has 0 saturated heterocycles. The molecule has 1 saturated carbocycles. The van der Waals surface area contributed by atoms with Gasteiger partial charge >= 0.3 is 0 Å². The molecule has 0 unspecified atom stereocenters. The van der Waals surface area contributed by atoms with E-state index in [0.717, 1.165) is 19.1 Å². The second-order valence-electron chi connectivity index (χ2n) is 5.59. The van der Waals surface area contributed by atoms with Crippen LogP contribution < -0.4 is 5.32 Å². The van der Waals surface area contributed by atoms with Crippen LogP contribution in [0, 0.1) is 0 Å². The number of nitrogens with zero attached hydrogens (tertiary/aromatic N) is 1. The average Bonchev–Trinajstić information content (AvgIpc) is 2.98. The monoisotopic (exact) mass is 282 g/mol. The van der Waals surface area contributed by atoms with Gasteiger partial charge in [-0.25, -0.2) is 0 Å². The molecule has 1 aliphatic rings. The van der Waals surface area contributed by atoms with Crippen LogP contribution in [0.3, 0.4) is 0 Å². The minimum atomic E-state index is 0.755. The predicted octanol–water partition coefficient (Wildman–Crippen LogP) is 4.00. The van der Waals surface area contributed by atoms with E-state index in [1.165, 1.54) is 34.9 Å². The van der Waals surface area contributed by atoms with Crippen LogP contribution in [0.25, 0.3) is 10.9 Å². The number of nitrogens with one attached hydrogen (secondary N) is 1. The van der Waals surface area contributed by atoms with Gasteiger partial charge in [-0.05, 0) is 52.2 Å². The van der Waals surface area contributed by atoms with Gasteiger partial charge in [-0.1, -0.05) is 18.2 Å². The molecular formula is C17H18N2S. The summed E-state index contributed by atoms with van der Waals surface area (Å²) in [7, 11) is 0. The number of hydrogen-bond donors (Lipinski definition) is 1. The van der Waals surface area contributed by atoms with Gasteiger partial charge in [-0.2, -0.15) is 11.3 Å². The molecule has 20 heavy (non-hydrogen) atoms. The molecule has 1 N–H and O–H groups in total. The Morgan fingerprint density at radius 3 is 2.95 bits per heavy atom. The lowest BCUT2D eigenvalue weighted by Gasteiger charge is -2.10. The summed E-state index contributed by atoms with van der Waals surface area (Å²) in [4.78, 5) is 0. The summed E-state index contributed by atoms with van der Waals surface area (Å²) < 4.78 is 2.38. The van der Waals surface area contributed by atoms with Crippen molar-refractivity contribution in [1.29, 1.82) is 0 Å². The van der Waals surface area contributed by atoms with Gasteiger partial charge in [0.1, 0.15) is 0 Å². The quantitative estimate of drug-likeness (QED) is 0.748. The Hall–Kier alpha value is -1.58. The number of benzene rings is 1. The molecular weight excluding hydrogens is 264 g/mol. The second kappa shape index (κ2) is 5.08. The van der Waals surface area contributed by atoms with Gasteiger partial charge in [0.15, 0.2) is 0 Å². The van der Waals surface area contributed by atoms with Crippen LogP contribution in [0.2, 0.25) is 0 Å². The third kappa shape index (κ3) is 2.39. The molecule has 4 rings (SSSR count). The van der Waals surface area contributed by atoms with Crippen molar-refractivity contribution < 1.29 is 0 Å². The van der Waals surface area contributed by atoms with E-state index >= 15 is 0 Å². The summed E-state index contributed by atoms with van der Waals surface area (Å²) >= 11 is 1.77. The minimum absolute atomic E-state index is 0.755. The van der Waals surface area contributed by atoms with Crippen LogP contribution in [0.1, 0.15) is 24.0 Å². The first-order valence-electron chi connectivity index (χ1n) is 7.21. The first-order chi connectivity index (χ1) is 9.90. The van der Waals surface area contributed by atoms with Gasteiger partial charge in [0.05, 0.1) is 5.52 Å². The smallest absolute Gasteiger partial charge is 0.0529 e. The highest BCUT2D eigenvalue weighted by Gasteiger charge is 2.20. The number of rotatable bonds is 5. The van der Waals surface area contributed by atoms with Gasteiger partial charge < -0.3 is 9.88 Å². The summed E-state index contributed by atoms with van der Waals surface area (Å²) in [6.07, 6.45) is 4.89. The fraction of sp³-hybridized carbons (Fsp3) is 0.294. The maximum atomic E-state index is 3.63. The average molecular weight is 282 g/mol. The Morgan fingerprint density at radius 2 is 2.15 bits per heavy atom. The fourth-order valence-corrected chi connectivity index (χ4v) is 3.40. The minimum Gasteiger partial charge on any atom is -0.343 e. The lowest BCUT2D eigenvalue weighted by molar-refractivity contribution is 0.687. The van der Waals surface area contributed by atoms with Crippen molar-refractivity contribution in [3.8, 4) is 0 Å². The van der Waals surface area contributed by atoms with Gasteiger partial charge in [-0.15, -0.1) is 0 Å². The summed E-state index contributed by atoms with van der Waals surface area (Å²) in [5.74, 6) is 0. The molecule has 3 aromatic rings. The normalized spacial score (nSPS) is 15.0. The van der Waals surface area contributed by atoms with Crippen LogP contribution in [0.4, 0.5) is 0 Å². The van der Waals surface area contributed by atoms with E-state index in [9.17, 15) is 0 Å². The zero-order valence-corrected chi connectivity index (χ0v) is 12.2. The van der Waals surface area contributed by atoms with Crippen LogP contribution in [0.5, 0.6) is 0 Å². The molecule has 1 aromatic carbocycles. The molecule has 2 aromatic heterocycles. The van der Waals surface area contributed by atoms with Crippen molar-refractivity contribution in [3.05, 3.63) is 58.4 Å². The fourth-order valence-electron chi connectivity index (χ4n) is 2.74. The van der Waals surface area contributed by atoms with E-state index in [2.05, 4.69) is 57.2 Å². The summed E-state index contributed by atoms with van der Waals surface area (Å²) in [5.41, 5.74) is 4.18. The SMILES string of the molecule is c1cc(CNC2CC2)c2c(c1)ccn2Cc1ccsc1. The van der Waals surface area contributed by atoms with E-state index in [0.29, 0.717) is 0 Å². The number of para-hydroxylation sites is 1.